The van der Waals surface area contributed by atoms with Crippen LogP contribution in [0.1, 0.15) is 37.9 Å². The number of rotatable bonds is 5. The highest BCUT2D eigenvalue weighted by Gasteiger charge is 2.29. The van der Waals surface area contributed by atoms with Crippen molar-refractivity contribution < 1.29 is 9.53 Å². The number of amides is 2. The fourth-order valence-electron chi connectivity index (χ4n) is 3.95. The average molecular weight is 348 g/mol. The summed E-state index contributed by atoms with van der Waals surface area (Å²) >= 11 is 0. The van der Waals surface area contributed by atoms with Gasteiger partial charge in [-0.1, -0.05) is 6.92 Å². The lowest BCUT2D eigenvalue weighted by atomic mass is 9.99. The second kappa shape index (κ2) is 8.72. The highest BCUT2D eigenvalue weighted by molar-refractivity contribution is 5.74. The number of hydrogen-bond donors (Lipinski definition) is 1. The van der Waals surface area contributed by atoms with Gasteiger partial charge in [-0.05, 0) is 37.3 Å². The molecule has 2 aliphatic rings. The van der Waals surface area contributed by atoms with Crippen molar-refractivity contribution in [3.8, 4) is 0 Å². The lowest BCUT2D eigenvalue weighted by Crippen LogP contribution is -2.47. The molecule has 0 unspecified atom stereocenters. The molecule has 1 aromatic heterocycles. The molecular formula is C19H32N4O2. The molecule has 0 saturated carbocycles. The van der Waals surface area contributed by atoms with E-state index in [4.69, 9.17) is 4.74 Å². The molecule has 2 amide bonds. The van der Waals surface area contributed by atoms with Crippen molar-refractivity contribution in [2.75, 3.05) is 45.9 Å². The summed E-state index contributed by atoms with van der Waals surface area (Å²) in [5.41, 5.74) is 1.23. The molecule has 2 saturated heterocycles. The molecule has 2 fully saturated rings. The SMILES string of the molecule is C[C@H](CNC(=O)N1CCCC[C@@H]1c1cccn1C)CN1CCOCC1. The van der Waals surface area contributed by atoms with Crippen molar-refractivity contribution in [1.29, 1.82) is 0 Å². The number of urea groups is 1. The molecule has 2 atom stereocenters. The number of likely N-dealkylation sites (tertiary alicyclic amines) is 1. The van der Waals surface area contributed by atoms with Crippen molar-refractivity contribution >= 4 is 6.03 Å². The predicted octanol–water partition coefficient (Wildman–Crippen LogP) is 2.23. The first kappa shape index (κ1) is 18.3. The Morgan fingerprint density at radius 1 is 1.32 bits per heavy atom. The first-order chi connectivity index (χ1) is 12.1. The summed E-state index contributed by atoms with van der Waals surface area (Å²) < 4.78 is 7.53. The number of piperidine rings is 1. The van der Waals surface area contributed by atoms with Gasteiger partial charge >= 0.3 is 6.03 Å². The van der Waals surface area contributed by atoms with E-state index in [1.54, 1.807) is 0 Å². The Bertz CT molecular complexity index is 553. The smallest absolute Gasteiger partial charge is 0.317 e. The number of nitrogens with zero attached hydrogens (tertiary/aromatic N) is 3. The molecule has 3 rings (SSSR count). The van der Waals surface area contributed by atoms with Crippen LogP contribution in [0.15, 0.2) is 18.3 Å². The molecule has 0 bridgehead atoms. The minimum Gasteiger partial charge on any atom is -0.379 e. The van der Waals surface area contributed by atoms with Gasteiger partial charge in [-0.15, -0.1) is 0 Å². The van der Waals surface area contributed by atoms with Gasteiger partial charge in [0, 0.05) is 51.7 Å². The Morgan fingerprint density at radius 2 is 2.12 bits per heavy atom. The fraction of sp³-hybridized carbons (Fsp3) is 0.737. The third kappa shape index (κ3) is 4.76. The molecule has 1 aromatic rings. The zero-order valence-electron chi connectivity index (χ0n) is 15.6. The van der Waals surface area contributed by atoms with Gasteiger partial charge in [0.25, 0.3) is 0 Å². The van der Waals surface area contributed by atoms with Crippen molar-refractivity contribution in [3.05, 3.63) is 24.0 Å². The normalized spacial score (nSPS) is 23.4. The van der Waals surface area contributed by atoms with E-state index in [1.165, 1.54) is 12.1 Å². The minimum absolute atomic E-state index is 0.0831. The molecule has 3 heterocycles. The Kier molecular flexibility index (Phi) is 6.37. The number of carbonyl (C=O) groups excluding carboxylic acids is 1. The van der Waals surface area contributed by atoms with Gasteiger partial charge < -0.3 is 19.5 Å². The summed E-state index contributed by atoms with van der Waals surface area (Å²) in [7, 11) is 2.06. The summed E-state index contributed by atoms with van der Waals surface area (Å²) in [6, 6.07) is 4.48. The summed E-state index contributed by atoms with van der Waals surface area (Å²) in [4.78, 5) is 17.2. The van der Waals surface area contributed by atoms with Crippen LogP contribution < -0.4 is 5.32 Å². The molecule has 1 N–H and O–H groups in total. The summed E-state index contributed by atoms with van der Waals surface area (Å²) in [6.45, 7) is 8.45. The average Bonchev–Trinajstić information content (AvgIpc) is 3.06. The van der Waals surface area contributed by atoms with Crippen LogP contribution in [0.25, 0.3) is 0 Å². The predicted molar refractivity (Wildman–Crippen MR) is 98.5 cm³/mol. The fourth-order valence-corrected chi connectivity index (χ4v) is 3.95. The van der Waals surface area contributed by atoms with Crippen LogP contribution in [0, 0.1) is 5.92 Å². The third-order valence-corrected chi connectivity index (χ3v) is 5.36. The number of nitrogens with one attached hydrogen (secondary N) is 1. The Balaban J connectivity index is 1.51. The summed E-state index contributed by atoms with van der Waals surface area (Å²) in [5.74, 6) is 0.445. The molecule has 0 aromatic carbocycles. The molecule has 0 radical (unpaired) electrons. The van der Waals surface area contributed by atoms with Crippen molar-refractivity contribution in [3.63, 3.8) is 0 Å². The standard InChI is InChI=1S/C19H32N4O2/c1-16(15-22-10-12-25-13-11-22)14-20-19(24)23-9-4-3-6-18(23)17-7-5-8-21(17)2/h5,7-8,16,18H,3-4,6,9-15H2,1-2H3,(H,20,24)/t16-,18-/m1/s1. The van der Waals surface area contributed by atoms with E-state index in [0.29, 0.717) is 5.92 Å². The van der Waals surface area contributed by atoms with Crippen LogP contribution in [0.5, 0.6) is 0 Å². The molecule has 6 heteroatoms. The van der Waals surface area contributed by atoms with E-state index in [0.717, 1.165) is 58.8 Å². The molecule has 25 heavy (non-hydrogen) atoms. The maximum absolute atomic E-state index is 12.8. The largest absolute Gasteiger partial charge is 0.379 e. The van der Waals surface area contributed by atoms with Crippen LogP contribution in [0.3, 0.4) is 0 Å². The lowest BCUT2D eigenvalue weighted by molar-refractivity contribution is 0.0318. The zero-order valence-corrected chi connectivity index (χ0v) is 15.6. The van der Waals surface area contributed by atoms with Crippen LogP contribution in [0.2, 0.25) is 0 Å². The van der Waals surface area contributed by atoms with Gasteiger partial charge in [-0.25, -0.2) is 4.79 Å². The van der Waals surface area contributed by atoms with E-state index in [1.807, 2.05) is 4.90 Å². The quantitative estimate of drug-likeness (QED) is 0.888. The molecule has 0 aliphatic carbocycles. The number of aryl methyl sites for hydroxylation is 1. The number of hydrogen-bond acceptors (Lipinski definition) is 3. The van der Waals surface area contributed by atoms with Gasteiger partial charge in [0.1, 0.15) is 0 Å². The highest BCUT2D eigenvalue weighted by Crippen LogP contribution is 2.30. The monoisotopic (exact) mass is 348 g/mol. The van der Waals surface area contributed by atoms with E-state index in [9.17, 15) is 4.79 Å². The van der Waals surface area contributed by atoms with Gasteiger partial charge in [0.2, 0.25) is 0 Å². The molecule has 2 aliphatic heterocycles. The number of carbonyl (C=O) groups is 1. The number of ether oxygens (including phenoxy) is 1. The molecule has 140 valence electrons. The third-order valence-electron chi connectivity index (χ3n) is 5.36. The van der Waals surface area contributed by atoms with E-state index in [-0.39, 0.29) is 12.1 Å². The Labute approximate surface area is 151 Å². The first-order valence-corrected chi connectivity index (χ1v) is 9.61. The molecule has 0 spiro atoms. The van der Waals surface area contributed by atoms with Crippen molar-refractivity contribution in [2.45, 2.75) is 32.2 Å². The second-order valence-corrected chi connectivity index (χ2v) is 7.45. The van der Waals surface area contributed by atoms with Gasteiger partial charge in [0.05, 0.1) is 19.3 Å². The van der Waals surface area contributed by atoms with Crippen LogP contribution >= 0.6 is 0 Å². The van der Waals surface area contributed by atoms with Crippen LogP contribution in [-0.4, -0.2) is 66.3 Å². The lowest BCUT2D eigenvalue weighted by Gasteiger charge is -2.36. The first-order valence-electron chi connectivity index (χ1n) is 9.61. The second-order valence-electron chi connectivity index (χ2n) is 7.45. The molecular weight excluding hydrogens is 316 g/mol. The van der Waals surface area contributed by atoms with Crippen molar-refractivity contribution in [2.24, 2.45) is 13.0 Å². The highest BCUT2D eigenvalue weighted by atomic mass is 16.5. The zero-order chi connectivity index (χ0) is 17.6. The summed E-state index contributed by atoms with van der Waals surface area (Å²) in [5, 5.41) is 3.17. The van der Waals surface area contributed by atoms with Gasteiger partial charge in [-0.2, -0.15) is 0 Å². The van der Waals surface area contributed by atoms with E-state index in [2.05, 4.69) is 47.1 Å². The van der Waals surface area contributed by atoms with E-state index < -0.39 is 0 Å². The maximum Gasteiger partial charge on any atom is 0.317 e. The summed E-state index contributed by atoms with van der Waals surface area (Å²) in [6.07, 6.45) is 5.39. The van der Waals surface area contributed by atoms with E-state index >= 15 is 0 Å². The van der Waals surface area contributed by atoms with Gasteiger partial charge in [-0.3, -0.25) is 4.90 Å². The number of morpholine rings is 1. The maximum atomic E-state index is 12.8. The Morgan fingerprint density at radius 3 is 2.84 bits per heavy atom. The van der Waals surface area contributed by atoms with Crippen LogP contribution in [-0.2, 0) is 11.8 Å². The molecule has 6 nitrogen and oxygen atoms in total. The topological polar surface area (TPSA) is 49.7 Å². The van der Waals surface area contributed by atoms with Crippen molar-refractivity contribution in [1.82, 2.24) is 19.7 Å². The minimum atomic E-state index is 0.0831. The Hall–Kier alpha value is -1.53. The van der Waals surface area contributed by atoms with Gasteiger partial charge in [0.15, 0.2) is 0 Å². The number of aromatic nitrogens is 1. The van der Waals surface area contributed by atoms with Crippen LogP contribution in [0.4, 0.5) is 4.79 Å².